The van der Waals surface area contributed by atoms with Gasteiger partial charge >= 0.3 is 6.18 Å². The Morgan fingerprint density at radius 1 is 0.938 bits per heavy atom. The summed E-state index contributed by atoms with van der Waals surface area (Å²) < 4.78 is 40.2. The first-order valence-electron chi connectivity index (χ1n) is 9.49. The van der Waals surface area contributed by atoms with Crippen molar-refractivity contribution in [3.8, 4) is 11.3 Å². The van der Waals surface area contributed by atoms with Gasteiger partial charge in [0.1, 0.15) is 5.69 Å². The van der Waals surface area contributed by atoms with Crippen molar-refractivity contribution < 1.29 is 22.8 Å². The minimum absolute atomic E-state index is 0.109. The van der Waals surface area contributed by atoms with Gasteiger partial charge < -0.3 is 16.0 Å². The SMILES string of the molecule is NC(=O)c1cccc(-c2ccc3c(c2)c(C(N)=O)cn3Cc2ccc(C(F)(F)F)cc2)n1. The van der Waals surface area contributed by atoms with Crippen molar-refractivity contribution >= 4 is 22.7 Å². The molecule has 32 heavy (non-hydrogen) atoms. The van der Waals surface area contributed by atoms with Crippen LogP contribution in [0.3, 0.4) is 0 Å². The lowest BCUT2D eigenvalue weighted by molar-refractivity contribution is -0.137. The van der Waals surface area contributed by atoms with E-state index in [2.05, 4.69) is 4.98 Å². The fourth-order valence-corrected chi connectivity index (χ4v) is 3.51. The van der Waals surface area contributed by atoms with Crippen LogP contribution < -0.4 is 11.5 Å². The van der Waals surface area contributed by atoms with E-state index in [1.807, 2.05) is 0 Å². The molecule has 4 aromatic rings. The van der Waals surface area contributed by atoms with Crippen LogP contribution in [0, 0.1) is 0 Å². The molecule has 0 aliphatic carbocycles. The number of carbonyl (C=O) groups excluding carboxylic acids is 2. The second-order valence-electron chi connectivity index (χ2n) is 7.23. The number of nitrogens with zero attached hydrogens (tertiary/aromatic N) is 2. The van der Waals surface area contributed by atoms with E-state index in [4.69, 9.17) is 11.5 Å². The molecule has 0 bridgehead atoms. The highest BCUT2D eigenvalue weighted by atomic mass is 19.4. The lowest BCUT2D eigenvalue weighted by atomic mass is 10.1. The molecule has 0 spiro atoms. The van der Waals surface area contributed by atoms with E-state index in [1.165, 1.54) is 18.2 Å². The average Bonchev–Trinajstić information content (AvgIpc) is 3.11. The molecule has 2 heterocycles. The Labute approximate surface area is 180 Å². The maximum Gasteiger partial charge on any atom is 0.416 e. The Bertz CT molecular complexity index is 1340. The van der Waals surface area contributed by atoms with E-state index in [0.717, 1.165) is 12.1 Å². The molecule has 2 aromatic carbocycles. The number of amides is 2. The molecule has 4 rings (SSSR count). The molecular formula is C23H17F3N4O2. The summed E-state index contributed by atoms with van der Waals surface area (Å²) in [7, 11) is 0. The van der Waals surface area contributed by atoms with Gasteiger partial charge in [-0.05, 0) is 42.0 Å². The Kier molecular flexibility index (Phi) is 5.17. The number of carbonyl (C=O) groups is 2. The van der Waals surface area contributed by atoms with E-state index in [0.29, 0.717) is 27.7 Å². The Hall–Kier alpha value is -4.14. The summed E-state index contributed by atoms with van der Waals surface area (Å²) in [5, 5.41) is 0.563. The van der Waals surface area contributed by atoms with Gasteiger partial charge in [0.25, 0.3) is 11.8 Å². The average molecular weight is 438 g/mol. The number of pyridine rings is 1. The van der Waals surface area contributed by atoms with Crippen LogP contribution in [0.2, 0.25) is 0 Å². The predicted molar refractivity (Wildman–Crippen MR) is 113 cm³/mol. The molecule has 0 atom stereocenters. The number of hydrogen-bond acceptors (Lipinski definition) is 3. The number of hydrogen-bond donors (Lipinski definition) is 2. The molecule has 2 aromatic heterocycles. The summed E-state index contributed by atoms with van der Waals surface area (Å²) in [6, 6.07) is 14.9. The summed E-state index contributed by atoms with van der Waals surface area (Å²) in [5.74, 6) is -1.30. The van der Waals surface area contributed by atoms with E-state index in [9.17, 15) is 22.8 Å². The van der Waals surface area contributed by atoms with Gasteiger partial charge in [0.2, 0.25) is 0 Å². The van der Waals surface area contributed by atoms with Crippen LogP contribution in [0.5, 0.6) is 0 Å². The minimum atomic E-state index is -4.41. The molecule has 9 heteroatoms. The number of alkyl halides is 3. The minimum Gasteiger partial charge on any atom is -0.366 e. The van der Waals surface area contributed by atoms with Gasteiger partial charge in [-0.2, -0.15) is 13.2 Å². The van der Waals surface area contributed by atoms with Crippen LogP contribution in [-0.2, 0) is 12.7 Å². The first-order chi connectivity index (χ1) is 15.1. The summed E-state index contributed by atoms with van der Waals surface area (Å²) >= 11 is 0. The van der Waals surface area contributed by atoms with Gasteiger partial charge in [-0.1, -0.05) is 24.3 Å². The zero-order valence-electron chi connectivity index (χ0n) is 16.6. The maximum absolute atomic E-state index is 12.8. The highest BCUT2D eigenvalue weighted by molar-refractivity contribution is 6.07. The zero-order valence-corrected chi connectivity index (χ0v) is 16.6. The first-order valence-corrected chi connectivity index (χ1v) is 9.49. The topological polar surface area (TPSA) is 104 Å². The summed E-state index contributed by atoms with van der Waals surface area (Å²) in [5.41, 5.74) is 12.9. The molecule has 0 saturated heterocycles. The molecule has 0 aliphatic rings. The number of nitrogens with two attached hydrogens (primary N) is 2. The maximum atomic E-state index is 12.8. The van der Waals surface area contributed by atoms with Crippen molar-refractivity contribution in [2.24, 2.45) is 11.5 Å². The van der Waals surface area contributed by atoms with Gasteiger partial charge in [0.05, 0.1) is 16.8 Å². The van der Waals surface area contributed by atoms with Crippen molar-refractivity contribution in [2.45, 2.75) is 12.7 Å². The van der Waals surface area contributed by atoms with Crippen LogP contribution in [0.25, 0.3) is 22.2 Å². The van der Waals surface area contributed by atoms with E-state index < -0.39 is 23.6 Å². The quantitative estimate of drug-likeness (QED) is 0.493. The smallest absolute Gasteiger partial charge is 0.366 e. The molecule has 6 nitrogen and oxygen atoms in total. The number of primary amides is 2. The van der Waals surface area contributed by atoms with E-state index >= 15 is 0 Å². The highest BCUT2D eigenvalue weighted by Crippen LogP contribution is 2.30. The van der Waals surface area contributed by atoms with Gasteiger partial charge in [-0.15, -0.1) is 0 Å². The summed E-state index contributed by atoms with van der Waals surface area (Å²) in [6.07, 6.45) is -2.84. The summed E-state index contributed by atoms with van der Waals surface area (Å²) in [4.78, 5) is 27.7. The third-order valence-electron chi connectivity index (χ3n) is 5.08. The Morgan fingerprint density at radius 3 is 2.28 bits per heavy atom. The molecule has 0 unspecified atom stereocenters. The number of halogens is 3. The molecule has 4 N–H and O–H groups in total. The largest absolute Gasteiger partial charge is 0.416 e. The van der Waals surface area contributed by atoms with Crippen molar-refractivity contribution in [2.75, 3.05) is 0 Å². The van der Waals surface area contributed by atoms with Crippen LogP contribution in [-0.4, -0.2) is 21.4 Å². The molecular weight excluding hydrogens is 421 g/mol. The molecule has 2 amide bonds. The second kappa shape index (κ2) is 7.84. The van der Waals surface area contributed by atoms with Gasteiger partial charge in [-0.25, -0.2) is 4.98 Å². The lowest BCUT2D eigenvalue weighted by Crippen LogP contribution is -2.13. The molecule has 162 valence electrons. The van der Waals surface area contributed by atoms with Crippen LogP contribution >= 0.6 is 0 Å². The second-order valence-corrected chi connectivity index (χ2v) is 7.23. The number of aromatic nitrogens is 2. The standard InChI is InChI=1S/C23H17F3N4O2/c24-23(25,26)15-7-4-13(5-8-15)11-30-12-17(21(27)31)16-10-14(6-9-20(16)30)18-2-1-3-19(29-18)22(28)32/h1-10,12H,11H2,(H2,27,31)(H2,28,32). The van der Waals surface area contributed by atoms with Crippen molar-refractivity contribution in [3.05, 3.63) is 89.2 Å². The van der Waals surface area contributed by atoms with Gasteiger partial charge in [0, 0.05) is 29.2 Å². The molecule has 0 fully saturated rings. The third-order valence-corrected chi connectivity index (χ3v) is 5.08. The highest BCUT2D eigenvalue weighted by Gasteiger charge is 2.30. The fourth-order valence-electron chi connectivity index (χ4n) is 3.51. The Balaban J connectivity index is 1.75. The van der Waals surface area contributed by atoms with E-state index in [-0.39, 0.29) is 17.8 Å². The monoisotopic (exact) mass is 438 g/mol. The van der Waals surface area contributed by atoms with Crippen LogP contribution in [0.15, 0.2) is 66.9 Å². The lowest BCUT2D eigenvalue weighted by Gasteiger charge is -2.09. The molecule has 0 radical (unpaired) electrons. The van der Waals surface area contributed by atoms with Crippen molar-refractivity contribution in [1.29, 1.82) is 0 Å². The van der Waals surface area contributed by atoms with E-state index in [1.54, 1.807) is 41.1 Å². The van der Waals surface area contributed by atoms with Crippen LogP contribution in [0.1, 0.15) is 32.0 Å². The van der Waals surface area contributed by atoms with Crippen molar-refractivity contribution in [1.82, 2.24) is 9.55 Å². The normalized spacial score (nSPS) is 11.6. The Morgan fingerprint density at radius 2 is 1.66 bits per heavy atom. The van der Waals surface area contributed by atoms with Gasteiger partial charge in [-0.3, -0.25) is 9.59 Å². The summed E-state index contributed by atoms with van der Waals surface area (Å²) in [6.45, 7) is 0.247. The zero-order chi connectivity index (χ0) is 23.0. The first kappa shape index (κ1) is 21.1. The fraction of sp³-hybridized carbons (Fsp3) is 0.0870. The number of fused-ring (bicyclic) bond motifs is 1. The third kappa shape index (κ3) is 4.04. The molecule has 0 saturated carbocycles. The number of benzene rings is 2. The van der Waals surface area contributed by atoms with Crippen LogP contribution in [0.4, 0.5) is 13.2 Å². The van der Waals surface area contributed by atoms with Crippen molar-refractivity contribution in [3.63, 3.8) is 0 Å². The number of rotatable bonds is 5. The predicted octanol–water partition coefficient (Wildman–Crippen LogP) is 3.97. The van der Waals surface area contributed by atoms with Gasteiger partial charge in [0.15, 0.2) is 0 Å². The molecule has 0 aliphatic heterocycles.